The summed E-state index contributed by atoms with van der Waals surface area (Å²) in [6, 6.07) is 4.97. The molecular formula is C12H14N2O3S2. The number of fused-ring (bicyclic) bond motifs is 1. The van der Waals surface area contributed by atoms with Crippen molar-refractivity contribution < 1.29 is 13.5 Å². The molecule has 0 aromatic carbocycles. The molecule has 1 saturated heterocycles. The van der Waals surface area contributed by atoms with E-state index in [9.17, 15) is 13.5 Å². The van der Waals surface area contributed by atoms with Gasteiger partial charge in [-0.15, -0.1) is 11.3 Å². The van der Waals surface area contributed by atoms with Crippen molar-refractivity contribution in [2.75, 3.05) is 13.1 Å². The molecule has 1 aromatic rings. The number of hydrogen-bond donors (Lipinski definition) is 1. The zero-order valence-electron chi connectivity index (χ0n) is 10.2. The highest BCUT2D eigenvalue weighted by atomic mass is 32.2. The third kappa shape index (κ3) is 2.09. The first-order chi connectivity index (χ1) is 9.02. The molecule has 19 heavy (non-hydrogen) atoms. The van der Waals surface area contributed by atoms with Crippen LogP contribution in [0, 0.1) is 23.2 Å². The molecule has 0 spiro atoms. The fraction of sp³-hybridized carbons (Fsp3) is 0.583. The lowest BCUT2D eigenvalue weighted by Crippen LogP contribution is -2.30. The zero-order valence-corrected chi connectivity index (χ0v) is 11.8. The largest absolute Gasteiger partial charge is 0.393 e. The minimum Gasteiger partial charge on any atom is -0.393 e. The minimum absolute atomic E-state index is 0.0742. The van der Waals surface area contributed by atoms with Crippen LogP contribution in [0.25, 0.3) is 0 Å². The molecule has 2 heterocycles. The van der Waals surface area contributed by atoms with E-state index in [0.717, 1.165) is 24.2 Å². The first-order valence-electron chi connectivity index (χ1n) is 6.20. The molecule has 1 saturated carbocycles. The monoisotopic (exact) mass is 298 g/mol. The fourth-order valence-corrected chi connectivity index (χ4v) is 5.83. The van der Waals surface area contributed by atoms with Gasteiger partial charge in [-0.05, 0) is 30.9 Å². The van der Waals surface area contributed by atoms with Gasteiger partial charge in [-0.1, -0.05) is 0 Å². The molecular weight excluding hydrogens is 284 g/mol. The Labute approximate surface area is 116 Å². The molecule has 0 amide bonds. The van der Waals surface area contributed by atoms with E-state index < -0.39 is 10.0 Å². The van der Waals surface area contributed by atoms with Gasteiger partial charge < -0.3 is 5.11 Å². The summed E-state index contributed by atoms with van der Waals surface area (Å²) < 4.78 is 26.6. The third-order valence-electron chi connectivity index (χ3n) is 4.07. The highest BCUT2D eigenvalue weighted by molar-refractivity contribution is 7.91. The standard InChI is InChI=1S/C12H14N2O3S2/c13-5-9-2-4-12(18-9)19(16,17)14-6-8-1-3-11(15)10(8)7-14/h2,4,8,10-11,15H,1,3,6-7H2. The van der Waals surface area contributed by atoms with E-state index in [1.165, 1.54) is 16.4 Å². The van der Waals surface area contributed by atoms with Crippen molar-refractivity contribution in [1.82, 2.24) is 4.31 Å². The van der Waals surface area contributed by atoms with Crippen LogP contribution in [0.4, 0.5) is 0 Å². The lowest BCUT2D eigenvalue weighted by atomic mass is 10.00. The van der Waals surface area contributed by atoms with E-state index in [4.69, 9.17) is 5.26 Å². The average molecular weight is 298 g/mol. The van der Waals surface area contributed by atoms with Crippen molar-refractivity contribution >= 4 is 21.4 Å². The number of nitriles is 1. The lowest BCUT2D eigenvalue weighted by Gasteiger charge is -2.17. The molecule has 3 atom stereocenters. The highest BCUT2D eigenvalue weighted by Crippen LogP contribution is 2.40. The second-order valence-electron chi connectivity index (χ2n) is 5.12. The molecule has 1 N–H and O–H groups in total. The van der Waals surface area contributed by atoms with Gasteiger partial charge in [-0.3, -0.25) is 0 Å². The predicted molar refractivity (Wildman–Crippen MR) is 70.0 cm³/mol. The van der Waals surface area contributed by atoms with Gasteiger partial charge in [-0.25, -0.2) is 8.42 Å². The molecule has 102 valence electrons. The van der Waals surface area contributed by atoms with E-state index in [0.29, 0.717) is 18.0 Å². The van der Waals surface area contributed by atoms with Gasteiger partial charge in [0.2, 0.25) is 0 Å². The number of hydrogen-bond acceptors (Lipinski definition) is 5. The van der Waals surface area contributed by atoms with Crippen molar-refractivity contribution in [3.05, 3.63) is 17.0 Å². The van der Waals surface area contributed by atoms with E-state index in [-0.39, 0.29) is 22.1 Å². The van der Waals surface area contributed by atoms with Gasteiger partial charge in [0.15, 0.2) is 0 Å². The predicted octanol–water partition coefficient (Wildman–Crippen LogP) is 1.01. The summed E-state index contributed by atoms with van der Waals surface area (Å²) in [5, 5.41) is 18.6. The molecule has 2 fully saturated rings. The van der Waals surface area contributed by atoms with Crippen molar-refractivity contribution in [1.29, 1.82) is 5.26 Å². The number of nitrogens with zero attached hydrogens (tertiary/aromatic N) is 2. The smallest absolute Gasteiger partial charge is 0.252 e. The molecule has 3 unspecified atom stereocenters. The van der Waals surface area contributed by atoms with Crippen LogP contribution in [0.3, 0.4) is 0 Å². The Morgan fingerprint density at radius 1 is 1.37 bits per heavy atom. The summed E-state index contributed by atoms with van der Waals surface area (Å²) in [4.78, 5) is 0.401. The molecule has 1 aromatic heterocycles. The second-order valence-corrected chi connectivity index (χ2v) is 8.37. The Morgan fingerprint density at radius 2 is 2.16 bits per heavy atom. The van der Waals surface area contributed by atoms with Gasteiger partial charge in [-0.2, -0.15) is 9.57 Å². The van der Waals surface area contributed by atoms with Crippen molar-refractivity contribution in [2.45, 2.75) is 23.2 Å². The van der Waals surface area contributed by atoms with E-state index in [1.54, 1.807) is 0 Å². The Hall–Kier alpha value is -0.940. The third-order valence-corrected chi connectivity index (χ3v) is 7.36. The molecule has 0 radical (unpaired) electrons. The Bertz CT molecular complexity index is 632. The van der Waals surface area contributed by atoms with E-state index in [1.807, 2.05) is 6.07 Å². The first-order valence-corrected chi connectivity index (χ1v) is 8.46. The van der Waals surface area contributed by atoms with E-state index >= 15 is 0 Å². The van der Waals surface area contributed by atoms with Crippen LogP contribution in [-0.4, -0.2) is 37.0 Å². The maximum absolute atomic E-state index is 12.4. The van der Waals surface area contributed by atoms with Gasteiger partial charge in [0.05, 0.1) is 6.10 Å². The molecule has 0 bridgehead atoms. The molecule has 2 aliphatic rings. The van der Waals surface area contributed by atoms with Gasteiger partial charge in [0.1, 0.15) is 15.2 Å². The Kier molecular flexibility index (Phi) is 3.14. The number of thiophene rings is 1. The summed E-state index contributed by atoms with van der Waals surface area (Å²) in [6.07, 6.45) is 1.30. The van der Waals surface area contributed by atoms with Crippen LogP contribution in [0.5, 0.6) is 0 Å². The maximum atomic E-state index is 12.4. The van der Waals surface area contributed by atoms with Gasteiger partial charge in [0.25, 0.3) is 10.0 Å². The lowest BCUT2D eigenvalue weighted by molar-refractivity contribution is 0.129. The van der Waals surface area contributed by atoms with Crippen LogP contribution in [0.2, 0.25) is 0 Å². The average Bonchev–Trinajstić information content (AvgIpc) is 3.06. The zero-order chi connectivity index (χ0) is 13.6. The first kappa shape index (κ1) is 13.1. The maximum Gasteiger partial charge on any atom is 0.252 e. The Balaban J connectivity index is 1.85. The number of aliphatic hydroxyl groups excluding tert-OH is 1. The second kappa shape index (κ2) is 4.56. The van der Waals surface area contributed by atoms with Gasteiger partial charge >= 0.3 is 0 Å². The number of sulfonamides is 1. The molecule has 7 heteroatoms. The number of aliphatic hydroxyl groups is 1. The Morgan fingerprint density at radius 3 is 2.79 bits per heavy atom. The highest BCUT2D eigenvalue weighted by Gasteiger charge is 2.46. The fourth-order valence-electron chi connectivity index (χ4n) is 3.04. The van der Waals surface area contributed by atoms with Crippen molar-refractivity contribution in [3.8, 4) is 6.07 Å². The van der Waals surface area contributed by atoms with Crippen LogP contribution >= 0.6 is 11.3 Å². The summed E-state index contributed by atoms with van der Waals surface area (Å²) in [5.74, 6) is 0.352. The van der Waals surface area contributed by atoms with Crippen LogP contribution in [0.1, 0.15) is 17.7 Å². The van der Waals surface area contributed by atoms with Crippen LogP contribution in [-0.2, 0) is 10.0 Å². The topological polar surface area (TPSA) is 81.4 Å². The molecule has 3 rings (SSSR count). The number of rotatable bonds is 2. The molecule has 5 nitrogen and oxygen atoms in total. The minimum atomic E-state index is -3.50. The summed E-state index contributed by atoms with van der Waals surface area (Å²) >= 11 is 1.00. The normalized spacial score (nSPS) is 31.3. The van der Waals surface area contributed by atoms with Crippen molar-refractivity contribution in [2.24, 2.45) is 11.8 Å². The summed E-state index contributed by atoms with van der Waals surface area (Å²) in [6.45, 7) is 0.887. The summed E-state index contributed by atoms with van der Waals surface area (Å²) in [5.41, 5.74) is 0. The molecule has 1 aliphatic carbocycles. The molecule has 1 aliphatic heterocycles. The van der Waals surface area contributed by atoms with E-state index in [2.05, 4.69) is 0 Å². The van der Waals surface area contributed by atoms with Crippen LogP contribution in [0.15, 0.2) is 16.3 Å². The quantitative estimate of drug-likeness (QED) is 0.883. The van der Waals surface area contributed by atoms with Gasteiger partial charge in [0, 0.05) is 19.0 Å². The van der Waals surface area contributed by atoms with Crippen molar-refractivity contribution in [3.63, 3.8) is 0 Å². The SMILES string of the molecule is N#Cc1ccc(S(=O)(=O)N2CC3CCC(O)C3C2)s1. The van der Waals surface area contributed by atoms with Crippen LogP contribution < -0.4 is 0 Å². The summed E-state index contributed by atoms with van der Waals surface area (Å²) in [7, 11) is -3.50.